The molecule has 0 fully saturated rings. The molecule has 2 rings (SSSR count). The Bertz CT molecular complexity index is 1200. The smallest absolute Gasteiger partial charge is 0.328 e. The first-order valence-electron chi connectivity index (χ1n) is 10.6. The lowest BCUT2D eigenvalue weighted by molar-refractivity contribution is -0.146. The highest BCUT2D eigenvalue weighted by Gasteiger charge is 2.26. The molecule has 15 nitrogen and oxygen atoms in total. The van der Waals surface area contributed by atoms with Gasteiger partial charge < -0.3 is 31.6 Å². The number of nitrogen functional groups attached to an aromatic ring is 2. The van der Waals surface area contributed by atoms with Crippen molar-refractivity contribution < 1.29 is 33.0 Å². The minimum absolute atomic E-state index is 0.0175. The Labute approximate surface area is 203 Å². The van der Waals surface area contributed by atoms with Crippen LogP contribution in [0, 0.1) is 5.82 Å². The van der Waals surface area contributed by atoms with Crippen LogP contribution in [0.3, 0.4) is 0 Å². The fourth-order valence-electron chi connectivity index (χ4n) is 2.79. The zero-order valence-corrected chi connectivity index (χ0v) is 19.3. The highest BCUT2D eigenvalue weighted by Crippen LogP contribution is 2.14. The lowest BCUT2D eigenvalue weighted by atomic mass is 10.1. The SMILES string of the molecule is CCOC(=O)CC[C@H](NC(=O)c1ncc(NC(=O)Nc2c(N)nc(N)[nH]c2=O)cc1F)C(=O)OCC. The van der Waals surface area contributed by atoms with Crippen molar-refractivity contribution in [3.63, 3.8) is 0 Å². The molecule has 36 heavy (non-hydrogen) atoms. The number of pyridine rings is 1. The maximum Gasteiger partial charge on any atom is 0.328 e. The van der Waals surface area contributed by atoms with Gasteiger partial charge >= 0.3 is 18.0 Å². The van der Waals surface area contributed by atoms with Gasteiger partial charge in [0, 0.05) is 12.5 Å². The monoisotopic (exact) mass is 508 g/mol. The number of anilines is 4. The van der Waals surface area contributed by atoms with Crippen LogP contribution >= 0.6 is 0 Å². The Hall–Kier alpha value is -4.76. The first-order valence-corrected chi connectivity index (χ1v) is 10.6. The molecule has 16 heteroatoms. The van der Waals surface area contributed by atoms with Crippen molar-refractivity contribution >= 4 is 47.0 Å². The zero-order chi connectivity index (χ0) is 26.8. The number of amides is 3. The molecular weight excluding hydrogens is 483 g/mol. The van der Waals surface area contributed by atoms with Crippen LogP contribution in [0.4, 0.5) is 32.3 Å². The molecule has 3 amide bonds. The third-order valence-corrected chi connectivity index (χ3v) is 4.34. The summed E-state index contributed by atoms with van der Waals surface area (Å²) in [6.07, 6.45) is 0.625. The van der Waals surface area contributed by atoms with Gasteiger partial charge in [-0.3, -0.25) is 24.7 Å². The van der Waals surface area contributed by atoms with Gasteiger partial charge in [0.05, 0.1) is 25.1 Å². The number of nitrogens with two attached hydrogens (primary N) is 2. The van der Waals surface area contributed by atoms with E-state index in [1.54, 1.807) is 13.8 Å². The standard InChI is InChI=1S/C20H25FN8O7/c1-3-35-12(30)6-5-11(18(33)36-4-2)26-16(31)13-10(21)7-9(8-24-13)25-20(34)27-14-15(22)28-19(23)29-17(14)32/h7-8,11H,3-6H2,1-2H3,(H,26,31)(H2,25,27,34)(H5,22,23,28,29,32)/t11-/m0/s1. The van der Waals surface area contributed by atoms with Gasteiger partial charge in [0.25, 0.3) is 11.5 Å². The predicted octanol–water partition coefficient (Wildman–Crippen LogP) is 0.117. The van der Waals surface area contributed by atoms with Gasteiger partial charge in [-0.25, -0.2) is 19.0 Å². The van der Waals surface area contributed by atoms with Crippen LogP contribution in [0.1, 0.15) is 37.2 Å². The molecule has 2 aromatic rings. The number of hydrogen-bond acceptors (Lipinski definition) is 11. The van der Waals surface area contributed by atoms with Crippen LogP contribution in [0.5, 0.6) is 0 Å². The first kappa shape index (κ1) is 27.5. The third-order valence-electron chi connectivity index (χ3n) is 4.34. The minimum Gasteiger partial charge on any atom is -0.466 e. The number of nitrogens with one attached hydrogen (secondary N) is 4. The molecule has 0 aromatic carbocycles. The number of carbonyl (C=O) groups is 4. The quantitative estimate of drug-likeness (QED) is 0.236. The number of aromatic nitrogens is 3. The summed E-state index contributed by atoms with van der Waals surface area (Å²) >= 11 is 0. The van der Waals surface area contributed by atoms with Gasteiger partial charge in [0.2, 0.25) is 5.95 Å². The van der Waals surface area contributed by atoms with Crippen molar-refractivity contribution in [1.29, 1.82) is 0 Å². The number of H-pyrrole nitrogens is 1. The average molecular weight is 508 g/mol. The van der Waals surface area contributed by atoms with Crippen molar-refractivity contribution in [3.8, 4) is 0 Å². The maximum absolute atomic E-state index is 14.6. The van der Waals surface area contributed by atoms with Gasteiger partial charge in [-0.05, 0) is 20.3 Å². The lowest BCUT2D eigenvalue weighted by Crippen LogP contribution is -2.42. The van der Waals surface area contributed by atoms with Crippen molar-refractivity contribution in [2.45, 2.75) is 32.7 Å². The lowest BCUT2D eigenvalue weighted by Gasteiger charge is -2.17. The molecule has 2 heterocycles. The molecule has 0 bridgehead atoms. The zero-order valence-electron chi connectivity index (χ0n) is 19.3. The van der Waals surface area contributed by atoms with E-state index >= 15 is 0 Å². The van der Waals surface area contributed by atoms with E-state index in [-0.39, 0.29) is 49.2 Å². The van der Waals surface area contributed by atoms with E-state index in [4.69, 9.17) is 20.9 Å². The Kier molecular flexibility index (Phi) is 9.64. The molecule has 0 unspecified atom stereocenters. The number of hydrogen-bond donors (Lipinski definition) is 6. The molecule has 0 aliphatic carbocycles. The highest BCUT2D eigenvalue weighted by molar-refractivity contribution is 6.01. The van der Waals surface area contributed by atoms with Crippen LogP contribution in [0.25, 0.3) is 0 Å². The van der Waals surface area contributed by atoms with Gasteiger partial charge in [-0.1, -0.05) is 0 Å². The van der Waals surface area contributed by atoms with Gasteiger partial charge in [0.1, 0.15) is 6.04 Å². The van der Waals surface area contributed by atoms with Crippen LogP contribution in [0.2, 0.25) is 0 Å². The van der Waals surface area contributed by atoms with Crippen LogP contribution in [-0.4, -0.2) is 58.1 Å². The molecule has 0 saturated carbocycles. The Morgan fingerprint density at radius 3 is 2.44 bits per heavy atom. The van der Waals surface area contributed by atoms with Gasteiger partial charge in [0.15, 0.2) is 23.0 Å². The summed E-state index contributed by atoms with van der Waals surface area (Å²) in [7, 11) is 0. The second-order valence-corrected chi connectivity index (χ2v) is 6.97. The molecule has 0 spiro atoms. The van der Waals surface area contributed by atoms with Crippen LogP contribution in [-0.2, 0) is 19.1 Å². The van der Waals surface area contributed by atoms with E-state index in [2.05, 4.69) is 30.9 Å². The Morgan fingerprint density at radius 1 is 1.14 bits per heavy atom. The van der Waals surface area contributed by atoms with Crippen molar-refractivity contribution in [1.82, 2.24) is 20.3 Å². The second-order valence-electron chi connectivity index (χ2n) is 6.97. The van der Waals surface area contributed by atoms with Crippen LogP contribution < -0.4 is 33.0 Å². The highest BCUT2D eigenvalue weighted by atomic mass is 19.1. The number of ether oxygens (including phenoxy) is 2. The fraction of sp³-hybridized carbons (Fsp3) is 0.350. The van der Waals surface area contributed by atoms with Gasteiger partial charge in [-0.2, -0.15) is 4.98 Å². The van der Waals surface area contributed by atoms with E-state index < -0.39 is 47.0 Å². The Morgan fingerprint density at radius 2 is 1.83 bits per heavy atom. The number of nitrogens with zero attached hydrogens (tertiary/aromatic N) is 2. The normalized spacial score (nSPS) is 11.2. The second kappa shape index (κ2) is 12.6. The molecule has 0 aliphatic rings. The molecule has 8 N–H and O–H groups in total. The van der Waals surface area contributed by atoms with Crippen molar-refractivity contribution in [2.24, 2.45) is 0 Å². The summed E-state index contributed by atoms with van der Waals surface area (Å²) in [5.74, 6) is -4.20. The topological polar surface area (TPSA) is 234 Å². The largest absolute Gasteiger partial charge is 0.466 e. The molecule has 2 aromatic heterocycles. The number of carbonyl (C=O) groups excluding carboxylic acids is 4. The first-order chi connectivity index (χ1) is 17.0. The number of halogens is 1. The molecule has 0 aliphatic heterocycles. The molecular formula is C20H25FN8O7. The summed E-state index contributed by atoms with van der Waals surface area (Å²) in [6.45, 7) is 3.33. The molecule has 1 atom stereocenters. The maximum atomic E-state index is 14.6. The summed E-state index contributed by atoms with van der Waals surface area (Å²) in [4.78, 5) is 69.7. The van der Waals surface area contributed by atoms with Gasteiger partial charge in [-0.15, -0.1) is 0 Å². The summed E-state index contributed by atoms with van der Waals surface area (Å²) in [5.41, 5.74) is 8.82. The summed E-state index contributed by atoms with van der Waals surface area (Å²) in [6, 6.07) is -1.46. The number of esters is 2. The molecule has 0 radical (unpaired) electrons. The predicted molar refractivity (Wildman–Crippen MR) is 124 cm³/mol. The fourth-order valence-corrected chi connectivity index (χ4v) is 2.79. The van der Waals surface area contributed by atoms with E-state index in [1.165, 1.54) is 0 Å². The number of rotatable bonds is 10. The van der Waals surface area contributed by atoms with E-state index in [0.29, 0.717) is 0 Å². The number of urea groups is 1. The Balaban J connectivity index is 2.09. The summed E-state index contributed by atoms with van der Waals surface area (Å²) in [5, 5.41) is 6.62. The minimum atomic E-state index is -1.26. The summed E-state index contributed by atoms with van der Waals surface area (Å²) < 4.78 is 24.2. The van der Waals surface area contributed by atoms with E-state index in [1.807, 2.05) is 0 Å². The van der Waals surface area contributed by atoms with E-state index in [9.17, 15) is 28.4 Å². The van der Waals surface area contributed by atoms with Crippen molar-refractivity contribution in [3.05, 3.63) is 34.1 Å². The van der Waals surface area contributed by atoms with Crippen LogP contribution in [0.15, 0.2) is 17.1 Å². The number of aromatic amines is 1. The third kappa shape index (κ3) is 7.64. The molecule has 0 saturated heterocycles. The van der Waals surface area contributed by atoms with E-state index in [0.717, 1.165) is 12.3 Å². The molecule has 194 valence electrons. The van der Waals surface area contributed by atoms with Crippen molar-refractivity contribution in [2.75, 3.05) is 35.3 Å². The average Bonchev–Trinajstić information content (AvgIpc) is 2.79.